The van der Waals surface area contributed by atoms with Crippen molar-refractivity contribution in [2.75, 3.05) is 11.3 Å². The SMILES string of the molecule is O=C(NCC1CCCCC1)C1(c2ccc(NS(=O)(=O)c3ccc(C4CCCCC4)cc3)cc2)CC1. The molecule has 3 aliphatic carbocycles. The van der Waals surface area contributed by atoms with Crippen LogP contribution < -0.4 is 10.0 Å². The summed E-state index contributed by atoms with van der Waals surface area (Å²) in [6, 6.07) is 14.7. The fourth-order valence-corrected chi connectivity index (χ4v) is 7.05. The Labute approximate surface area is 210 Å². The third kappa shape index (κ3) is 5.58. The van der Waals surface area contributed by atoms with Crippen LogP contribution >= 0.6 is 0 Å². The Morgan fingerprint density at radius 3 is 2.00 bits per heavy atom. The number of anilines is 1. The van der Waals surface area contributed by atoms with E-state index in [9.17, 15) is 13.2 Å². The van der Waals surface area contributed by atoms with Gasteiger partial charge in [-0.2, -0.15) is 0 Å². The number of rotatable bonds is 8. The second-order valence-corrected chi connectivity index (χ2v) is 12.6. The van der Waals surface area contributed by atoms with Crippen LogP contribution in [0.1, 0.15) is 94.1 Å². The molecule has 0 atom stereocenters. The predicted octanol–water partition coefficient (Wildman–Crippen LogP) is 6.26. The summed E-state index contributed by atoms with van der Waals surface area (Å²) >= 11 is 0. The van der Waals surface area contributed by atoms with Crippen molar-refractivity contribution in [2.45, 2.75) is 93.3 Å². The van der Waals surface area contributed by atoms with Crippen molar-refractivity contribution in [3.05, 3.63) is 59.7 Å². The molecule has 188 valence electrons. The van der Waals surface area contributed by atoms with Crippen LogP contribution in [-0.4, -0.2) is 20.9 Å². The van der Waals surface area contributed by atoms with Crippen molar-refractivity contribution in [1.82, 2.24) is 5.32 Å². The van der Waals surface area contributed by atoms with Crippen molar-refractivity contribution >= 4 is 21.6 Å². The monoisotopic (exact) mass is 494 g/mol. The third-order valence-electron chi connectivity index (χ3n) is 8.42. The van der Waals surface area contributed by atoms with Gasteiger partial charge in [0, 0.05) is 12.2 Å². The first-order valence-corrected chi connectivity index (χ1v) is 15.0. The molecule has 0 aliphatic heterocycles. The third-order valence-corrected chi connectivity index (χ3v) is 9.81. The van der Waals surface area contributed by atoms with E-state index >= 15 is 0 Å². The number of carbonyl (C=O) groups is 1. The van der Waals surface area contributed by atoms with Crippen molar-refractivity contribution in [3.63, 3.8) is 0 Å². The standard InChI is InChI=1S/C29H38N2O3S/c32-28(30-21-22-7-3-1-4-8-22)29(19-20-29)25-13-15-26(16-14-25)31-35(33,34)27-17-11-24(12-18-27)23-9-5-2-6-10-23/h11-18,22-23,31H,1-10,19-21H2,(H,30,32). The second-order valence-electron chi connectivity index (χ2n) is 10.9. The number of benzene rings is 2. The fraction of sp³-hybridized carbons (Fsp3) is 0.552. The number of nitrogens with one attached hydrogen (secondary N) is 2. The second kappa shape index (κ2) is 10.3. The van der Waals surface area contributed by atoms with Crippen LogP contribution in [0.4, 0.5) is 5.69 Å². The van der Waals surface area contributed by atoms with Gasteiger partial charge in [0.05, 0.1) is 10.3 Å². The lowest BCUT2D eigenvalue weighted by Gasteiger charge is -2.23. The van der Waals surface area contributed by atoms with Gasteiger partial charge in [0.2, 0.25) is 5.91 Å². The summed E-state index contributed by atoms with van der Waals surface area (Å²) in [5.74, 6) is 1.28. The van der Waals surface area contributed by atoms with Gasteiger partial charge in [0.15, 0.2) is 0 Å². The zero-order valence-electron chi connectivity index (χ0n) is 20.6. The van der Waals surface area contributed by atoms with E-state index in [1.54, 1.807) is 24.3 Å². The smallest absolute Gasteiger partial charge is 0.261 e. The Morgan fingerprint density at radius 1 is 0.800 bits per heavy atom. The van der Waals surface area contributed by atoms with E-state index < -0.39 is 15.4 Å². The number of sulfonamides is 1. The molecule has 5 rings (SSSR count). The van der Waals surface area contributed by atoms with Gasteiger partial charge < -0.3 is 5.32 Å². The first-order valence-electron chi connectivity index (χ1n) is 13.5. The van der Waals surface area contributed by atoms with Crippen LogP contribution in [0.5, 0.6) is 0 Å². The van der Waals surface area contributed by atoms with Gasteiger partial charge >= 0.3 is 0 Å². The van der Waals surface area contributed by atoms with Gasteiger partial charge in [-0.15, -0.1) is 0 Å². The quantitative estimate of drug-likeness (QED) is 0.455. The molecule has 0 saturated heterocycles. The van der Waals surface area contributed by atoms with Gasteiger partial charge in [-0.1, -0.05) is 62.8 Å². The summed E-state index contributed by atoms with van der Waals surface area (Å²) in [6.07, 6.45) is 14.2. The maximum absolute atomic E-state index is 13.0. The molecule has 3 saturated carbocycles. The minimum absolute atomic E-state index is 0.120. The molecule has 2 N–H and O–H groups in total. The van der Waals surface area contributed by atoms with Crippen LogP contribution in [0, 0.1) is 5.92 Å². The van der Waals surface area contributed by atoms with E-state index in [1.165, 1.54) is 69.8 Å². The molecule has 2 aromatic carbocycles. The average Bonchev–Trinajstić information content (AvgIpc) is 3.71. The van der Waals surface area contributed by atoms with E-state index in [0.717, 1.165) is 24.9 Å². The molecule has 3 aliphatic rings. The highest BCUT2D eigenvalue weighted by Crippen LogP contribution is 2.48. The van der Waals surface area contributed by atoms with Gasteiger partial charge in [0.1, 0.15) is 0 Å². The van der Waals surface area contributed by atoms with E-state index in [2.05, 4.69) is 10.0 Å². The molecule has 0 unspecified atom stereocenters. The van der Waals surface area contributed by atoms with Crippen molar-refractivity contribution < 1.29 is 13.2 Å². The van der Waals surface area contributed by atoms with E-state index in [4.69, 9.17) is 0 Å². The van der Waals surface area contributed by atoms with Crippen molar-refractivity contribution in [3.8, 4) is 0 Å². The maximum atomic E-state index is 13.0. The van der Waals surface area contributed by atoms with Crippen molar-refractivity contribution in [1.29, 1.82) is 0 Å². The molecule has 2 aromatic rings. The minimum Gasteiger partial charge on any atom is -0.355 e. The van der Waals surface area contributed by atoms with E-state index in [0.29, 0.717) is 17.5 Å². The molecule has 3 fully saturated rings. The molecule has 5 nitrogen and oxygen atoms in total. The predicted molar refractivity (Wildman–Crippen MR) is 140 cm³/mol. The molecule has 35 heavy (non-hydrogen) atoms. The zero-order valence-corrected chi connectivity index (χ0v) is 21.4. The van der Waals surface area contributed by atoms with Crippen LogP contribution in [0.2, 0.25) is 0 Å². The molecular formula is C29H38N2O3S. The van der Waals surface area contributed by atoms with Crippen LogP contribution in [0.3, 0.4) is 0 Å². The summed E-state index contributed by atoms with van der Waals surface area (Å²) in [5.41, 5.74) is 2.28. The Hall–Kier alpha value is -2.34. The van der Waals surface area contributed by atoms with Gasteiger partial charge in [-0.05, 0) is 85.8 Å². The van der Waals surface area contributed by atoms with Crippen molar-refractivity contribution in [2.24, 2.45) is 5.92 Å². The molecule has 6 heteroatoms. The lowest BCUT2D eigenvalue weighted by molar-refractivity contribution is -0.123. The zero-order chi connectivity index (χ0) is 24.3. The first kappa shape index (κ1) is 24.4. The number of amides is 1. The molecule has 1 amide bonds. The summed E-state index contributed by atoms with van der Waals surface area (Å²) in [5, 5.41) is 3.21. The average molecular weight is 495 g/mol. The van der Waals surface area contributed by atoms with Crippen LogP contribution in [0.15, 0.2) is 53.4 Å². The summed E-state index contributed by atoms with van der Waals surface area (Å²) in [6.45, 7) is 0.776. The van der Waals surface area contributed by atoms with Gasteiger partial charge in [-0.25, -0.2) is 8.42 Å². The highest BCUT2D eigenvalue weighted by atomic mass is 32.2. The lowest BCUT2D eigenvalue weighted by atomic mass is 9.84. The van der Waals surface area contributed by atoms with Crippen LogP contribution in [-0.2, 0) is 20.2 Å². The van der Waals surface area contributed by atoms with E-state index in [1.807, 2.05) is 24.3 Å². The lowest BCUT2D eigenvalue weighted by Crippen LogP contribution is -2.38. The number of hydrogen-bond acceptors (Lipinski definition) is 3. The topological polar surface area (TPSA) is 75.3 Å². The Balaban J connectivity index is 1.20. The normalized spacial score (nSPS) is 20.8. The summed E-state index contributed by atoms with van der Waals surface area (Å²) in [4.78, 5) is 13.3. The first-order chi connectivity index (χ1) is 17.0. The molecule has 0 aromatic heterocycles. The summed E-state index contributed by atoms with van der Waals surface area (Å²) < 4.78 is 28.6. The van der Waals surface area contributed by atoms with Crippen LogP contribution in [0.25, 0.3) is 0 Å². The fourth-order valence-electron chi connectivity index (χ4n) is 6.00. The maximum Gasteiger partial charge on any atom is 0.261 e. The summed E-state index contributed by atoms with van der Waals surface area (Å²) in [7, 11) is -3.66. The molecule has 0 radical (unpaired) electrons. The van der Waals surface area contributed by atoms with Gasteiger partial charge in [0.25, 0.3) is 10.0 Å². The molecule has 0 bridgehead atoms. The largest absolute Gasteiger partial charge is 0.355 e. The molecular weight excluding hydrogens is 456 g/mol. The number of carbonyl (C=O) groups excluding carboxylic acids is 1. The Bertz CT molecular complexity index is 1110. The van der Waals surface area contributed by atoms with E-state index in [-0.39, 0.29) is 10.8 Å². The molecule has 0 heterocycles. The Kier molecular flexibility index (Phi) is 7.19. The Morgan fingerprint density at radius 2 is 1.40 bits per heavy atom. The minimum atomic E-state index is -3.66. The highest BCUT2D eigenvalue weighted by Gasteiger charge is 2.51. The highest BCUT2D eigenvalue weighted by molar-refractivity contribution is 7.92. The molecule has 0 spiro atoms. The van der Waals surface area contributed by atoms with Gasteiger partial charge in [-0.3, -0.25) is 9.52 Å². The number of hydrogen-bond donors (Lipinski definition) is 2.